The van der Waals surface area contributed by atoms with E-state index in [4.69, 9.17) is 32.5 Å². The van der Waals surface area contributed by atoms with Gasteiger partial charge in [0.15, 0.2) is 5.96 Å². The number of imidazole rings is 1. The van der Waals surface area contributed by atoms with Gasteiger partial charge in [0.05, 0.1) is 25.2 Å². The lowest BCUT2D eigenvalue weighted by Gasteiger charge is -2.24. The molecule has 18 heteroatoms. The van der Waals surface area contributed by atoms with Crippen LogP contribution in [0.5, 0.6) is 0 Å². The zero-order valence-electron chi connectivity index (χ0n) is 20.1. The molecule has 0 radical (unpaired) electrons. The van der Waals surface area contributed by atoms with Gasteiger partial charge in [-0.25, -0.2) is 9.78 Å². The molecule has 3 amide bonds. The number of rotatable bonds is 17. The molecule has 1 aromatic rings. The van der Waals surface area contributed by atoms with Crippen LogP contribution in [0.2, 0.25) is 0 Å². The van der Waals surface area contributed by atoms with Crippen molar-refractivity contribution in [1.29, 1.82) is 0 Å². The van der Waals surface area contributed by atoms with Crippen molar-refractivity contribution in [1.82, 2.24) is 25.9 Å². The summed E-state index contributed by atoms with van der Waals surface area (Å²) in [5.74, 6) is -7.93. The van der Waals surface area contributed by atoms with Crippen molar-refractivity contribution in [2.45, 2.75) is 56.3 Å². The molecule has 0 aliphatic carbocycles. The van der Waals surface area contributed by atoms with Crippen LogP contribution in [0.25, 0.3) is 0 Å². The van der Waals surface area contributed by atoms with E-state index in [0.717, 1.165) is 0 Å². The van der Waals surface area contributed by atoms with Gasteiger partial charge in [-0.05, 0) is 12.8 Å². The Hall–Kier alpha value is -4.74. The Morgan fingerprint density at radius 3 is 1.97 bits per heavy atom. The molecule has 4 atom stereocenters. The van der Waals surface area contributed by atoms with Gasteiger partial charge in [-0.15, -0.1) is 0 Å². The molecule has 0 fully saturated rings. The smallest absolute Gasteiger partial charge is 0.326 e. The molecule has 0 aliphatic rings. The first-order valence-electron chi connectivity index (χ1n) is 11.2. The minimum atomic E-state index is -1.89. The van der Waals surface area contributed by atoms with Crippen molar-refractivity contribution in [2.75, 3.05) is 6.54 Å². The number of carboxylic acid groups (broad SMARTS) is 3. The van der Waals surface area contributed by atoms with Crippen LogP contribution in [0.1, 0.15) is 31.4 Å². The van der Waals surface area contributed by atoms with Crippen molar-refractivity contribution < 1.29 is 44.1 Å². The summed E-state index contributed by atoms with van der Waals surface area (Å²) in [7, 11) is 0. The van der Waals surface area contributed by atoms with Gasteiger partial charge in [0.2, 0.25) is 17.7 Å². The Kier molecular flexibility index (Phi) is 12.7. The maximum Gasteiger partial charge on any atom is 0.326 e. The van der Waals surface area contributed by atoms with Crippen LogP contribution in [0, 0.1) is 0 Å². The fourth-order valence-electron chi connectivity index (χ4n) is 3.08. The summed E-state index contributed by atoms with van der Waals surface area (Å²) in [4.78, 5) is 82.0. The molecule has 18 nitrogen and oxygen atoms in total. The van der Waals surface area contributed by atoms with E-state index in [-0.39, 0.29) is 31.8 Å². The van der Waals surface area contributed by atoms with Gasteiger partial charge in [0.1, 0.15) is 18.1 Å². The van der Waals surface area contributed by atoms with Crippen molar-refractivity contribution in [3.05, 3.63) is 18.2 Å². The zero-order chi connectivity index (χ0) is 28.8. The SMILES string of the molecule is NC(N)=NCCCC(NC(=O)C(N)Cc1cnc[nH]1)C(=O)NC(CC(=O)O)C(=O)NC(CC(=O)O)C(=O)O. The van der Waals surface area contributed by atoms with Gasteiger partial charge in [-0.1, -0.05) is 0 Å². The lowest BCUT2D eigenvalue weighted by atomic mass is 10.1. The first-order chi connectivity index (χ1) is 17.8. The molecule has 38 heavy (non-hydrogen) atoms. The summed E-state index contributed by atoms with van der Waals surface area (Å²) >= 11 is 0. The predicted octanol–water partition coefficient (Wildman–Crippen LogP) is -4.18. The van der Waals surface area contributed by atoms with Crippen molar-refractivity contribution in [3.63, 3.8) is 0 Å². The number of nitrogens with one attached hydrogen (secondary N) is 4. The highest BCUT2D eigenvalue weighted by Gasteiger charge is 2.32. The van der Waals surface area contributed by atoms with Crippen LogP contribution in [0.15, 0.2) is 17.5 Å². The van der Waals surface area contributed by atoms with Gasteiger partial charge >= 0.3 is 17.9 Å². The lowest BCUT2D eigenvalue weighted by molar-refractivity contribution is -0.148. The number of nitrogens with two attached hydrogens (primary N) is 3. The van der Waals surface area contributed by atoms with E-state index in [9.17, 15) is 28.8 Å². The van der Waals surface area contributed by atoms with Crippen molar-refractivity contribution in [2.24, 2.45) is 22.2 Å². The van der Waals surface area contributed by atoms with Gasteiger partial charge in [0, 0.05) is 24.9 Å². The Bertz CT molecular complexity index is 1030. The summed E-state index contributed by atoms with van der Waals surface area (Å²) in [5, 5.41) is 33.6. The van der Waals surface area contributed by atoms with Crippen LogP contribution in [-0.2, 0) is 35.2 Å². The topological polar surface area (TPSA) is 318 Å². The molecular formula is C20H31N9O9. The second-order valence-electron chi connectivity index (χ2n) is 8.05. The van der Waals surface area contributed by atoms with Crippen molar-refractivity contribution >= 4 is 41.6 Å². The molecule has 0 saturated carbocycles. The molecule has 0 spiro atoms. The van der Waals surface area contributed by atoms with Gasteiger partial charge < -0.3 is 53.5 Å². The summed E-state index contributed by atoms with van der Waals surface area (Å²) in [5.41, 5.74) is 17.0. The molecule has 0 bridgehead atoms. The molecular weight excluding hydrogens is 510 g/mol. The maximum atomic E-state index is 13.0. The number of hydrogen-bond acceptors (Lipinski definition) is 9. The molecule has 1 aromatic heterocycles. The normalized spacial score (nSPS) is 13.7. The standard InChI is InChI=1S/C20H31N9O9/c21-10(4-9-7-24-8-26-9)16(34)27-11(2-1-3-25-20(22)23)17(35)28-12(5-14(30)31)18(36)29-13(19(37)38)6-15(32)33/h7-8,10-13H,1-6,21H2,(H,24,26)(H,27,34)(H,28,35)(H,29,36)(H,30,31)(H,32,33)(H,37,38)(H4,22,23,25). The molecule has 210 valence electrons. The molecule has 13 N–H and O–H groups in total. The van der Waals surface area contributed by atoms with Crippen LogP contribution >= 0.6 is 0 Å². The Morgan fingerprint density at radius 2 is 1.45 bits per heavy atom. The Labute approximate surface area is 215 Å². The van der Waals surface area contributed by atoms with Crippen LogP contribution < -0.4 is 33.2 Å². The van der Waals surface area contributed by atoms with Crippen LogP contribution in [-0.4, -0.2) is 97.6 Å². The predicted molar refractivity (Wildman–Crippen MR) is 128 cm³/mol. The summed E-state index contributed by atoms with van der Waals surface area (Å²) < 4.78 is 0. The Morgan fingerprint density at radius 1 is 0.895 bits per heavy atom. The molecule has 4 unspecified atom stereocenters. The molecule has 0 aromatic carbocycles. The number of aromatic amines is 1. The monoisotopic (exact) mass is 541 g/mol. The van der Waals surface area contributed by atoms with E-state index in [2.05, 4.69) is 25.6 Å². The third-order valence-corrected chi connectivity index (χ3v) is 4.91. The number of aliphatic imine (C=N–C) groups is 1. The number of aromatic nitrogens is 2. The first-order valence-corrected chi connectivity index (χ1v) is 11.2. The highest BCUT2D eigenvalue weighted by atomic mass is 16.4. The maximum absolute atomic E-state index is 13.0. The average Bonchev–Trinajstić information content (AvgIpc) is 3.32. The third-order valence-electron chi connectivity index (χ3n) is 4.91. The van der Waals surface area contributed by atoms with E-state index in [1.54, 1.807) is 0 Å². The summed E-state index contributed by atoms with van der Waals surface area (Å²) in [6, 6.07) is -6.10. The lowest BCUT2D eigenvalue weighted by Crippen LogP contribution is -2.57. The molecule has 1 rings (SSSR count). The average molecular weight is 542 g/mol. The third kappa shape index (κ3) is 11.8. The first kappa shape index (κ1) is 31.3. The number of amides is 3. The number of carboxylic acids is 3. The van der Waals surface area contributed by atoms with E-state index in [0.29, 0.717) is 5.69 Å². The second-order valence-corrected chi connectivity index (χ2v) is 8.05. The van der Waals surface area contributed by atoms with Gasteiger partial charge in [0.25, 0.3) is 0 Å². The van der Waals surface area contributed by atoms with E-state index < -0.39 is 72.6 Å². The molecule has 1 heterocycles. The summed E-state index contributed by atoms with van der Waals surface area (Å²) in [6.45, 7) is 0.0801. The number of hydrogen-bond donors (Lipinski definition) is 10. The van der Waals surface area contributed by atoms with E-state index in [1.807, 2.05) is 5.32 Å². The number of guanidine groups is 1. The number of carbonyl (C=O) groups excluding carboxylic acids is 3. The summed E-state index contributed by atoms with van der Waals surface area (Å²) in [6.07, 6.45) is 1.07. The molecule has 0 aliphatic heterocycles. The van der Waals surface area contributed by atoms with E-state index in [1.165, 1.54) is 12.5 Å². The minimum Gasteiger partial charge on any atom is -0.481 e. The van der Waals surface area contributed by atoms with Crippen LogP contribution in [0.4, 0.5) is 0 Å². The van der Waals surface area contributed by atoms with E-state index >= 15 is 0 Å². The van der Waals surface area contributed by atoms with Crippen LogP contribution in [0.3, 0.4) is 0 Å². The largest absolute Gasteiger partial charge is 0.481 e. The highest BCUT2D eigenvalue weighted by molar-refractivity contribution is 5.96. The van der Waals surface area contributed by atoms with Gasteiger partial charge in [-0.3, -0.25) is 29.0 Å². The number of carbonyl (C=O) groups is 6. The minimum absolute atomic E-state index is 0.0523. The zero-order valence-corrected chi connectivity index (χ0v) is 20.1. The number of aliphatic carboxylic acids is 3. The number of H-pyrrole nitrogens is 1. The van der Waals surface area contributed by atoms with Crippen molar-refractivity contribution in [3.8, 4) is 0 Å². The molecule has 0 saturated heterocycles. The van der Waals surface area contributed by atoms with Gasteiger partial charge in [-0.2, -0.15) is 0 Å². The Balaban J connectivity index is 3.02. The quantitative estimate of drug-likeness (QED) is 0.0509. The highest BCUT2D eigenvalue weighted by Crippen LogP contribution is 2.05. The second kappa shape index (κ2) is 15.4. The number of nitrogens with zero attached hydrogens (tertiary/aromatic N) is 2. The fourth-order valence-corrected chi connectivity index (χ4v) is 3.08. The fraction of sp³-hybridized carbons (Fsp3) is 0.500.